The Labute approximate surface area is 97.3 Å². The molecule has 0 saturated heterocycles. The van der Waals surface area contributed by atoms with Crippen molar-refractivity contribution in [3.63, 3.8) is 0 Å². The summed E-state index contributed by atoms with van der Waals surface area (Å²) < 4.78 is 0. The predicted molar refractivity (Wildman–Crippen MR) is 70.3 cm³/mol. The van der Waals surface area contributed by atoms with Crippen LogP contribution in [0.15, 0.2) is 54.6 Å². The van der Waals surface area contributed by atoms with Gasteiger partial charge in [-0.05, 0) is 37.6 Å². The van der Waals surface area contributed by atoms with Crippen LogP contribution in [0.1, 0.15) is 12.5 Å². The Kier molecular flexibility index (Phi) is 3.25. The highest BCUT2D eigenvalue weighted by molar-refractivity contribution is 5.65. The van der Waals surface area contributed by atoms with Crippen molar-refractivity contribution in [2.45, 2.75) is 13.8 Å². The molecule has 2 rings (SSSR count). The number of hydrogen-bond acceptors (Lipinski definition) is 1. The Hall–Kier alpha value is -1.76. The summed E-state index contributed by atoms with van der Waals surface area (Å²) in [5.41, 5.74) is 3.85. The van der Waals surface area contributed by atoms with E-state index >= 15 is 0 Å². The summed E-state index contributed by atoms with van der Waals surface area (Å²) in [6.07, 6.45) is 0. The molecule has 0 unspecified atom stereocenters. The van der Waals surface area contributed by atoms with E-state index in [1.54, 1.807) is 0 Å². The van der Waals surface area contributed by atoms with Crippen molar-refractivity contribution in [3.8, 4) is 0 Å². The van der Waals surface area contributed by atoms with Crippen molar-refractivity contribution < 1.29 is 0 Å². The van der Waals surface area contributed by atoms with E-state index in [4.69, 9.17) is 0 Å². The standard InChI is InChI=1S/C15H17N/c1-3-16(14-10-5-4-6-11-14)15-12-8-7-9-13(15)2/h4-12H,3H2,1-2H3. The highest BCUT2D eigenvalue weighted by Gasteiger charge is 2.07. The van der Waals surface area contributed by atoms with E-state index in [1.807, 2.05) is 0 Å². The van der Waals surface area contributed by atoms with Crippen LogP contribution in [0.3, 0.4) is 0 Å². The Morgan fingerprint density at radius 3 is 2.12 bits per heavy atom. The molecule has 82 valence electrons. The molecule has 0 amide bonds. The van der Waals surface area contributed by atoms with Gasteiger partial charge < -0.3 is 4.90 Å². The number of aryl methyl sites for hydroxylation is 1. The van der Waals surface area contributed by atoms with Crippen LogP contribution in [-0.4, -0.2) is 6.54 Å². The first-order chi connectivity index (χ1) is 7.83. The Morgan fingerprint density at radius 1 is 0.875 bits per heavy atom. The molecule has 0 aliphatic rings. The Bertz CT molecular complexity index is 448. The molecule has 0 aliphatic carbocycles. The van der Waals surface area contributed by atoms with Gasteiger partial charge >= 0.3 is 0 Å². The highest BCUT2D eigenvalue weighted by Crippen LogP contribution is 2.27. The van der Waals surface area contributed by atoms with E-state index in [0.717, 1.165) is 6.54 Å². The monoisotopic (exact) mass is 211 g/mol. The zero-order chi connectivity index (χ0) is 11.4. The smallest absolute Gasteiger partial charge is 0.0440 e. The summed E-state index contributed by atoms with van der Waals surface area (Å²) in [6, 6.07) is 19.0. The van der Waals surface area contributed by atoms with Crippen molar-refractivity contribution in [2.24, 2.45) is 0 Å². The number of anilines is 2. The van der Waals surface area contributed by atoms with Crippen molar-refractivity contribution in [3.05, 3.63) is 60.2 Å². The van der Waals surface area contributed by atoms with E-state index in [0.29, 0.717) is 0 Å². The topological polar surface area (TPSA) is 3.24 Å². The molecule has 2 aromatic rings. The van der Waals surface area contributed by atoms with Gasteiger partial charge in [-0.2, -0.15) is 0 Å². The first-order valence-electron chi connectivity index (χ1n) is 5.71. The lowest BCUT2D eigenvalue weighted by atomic mass is 10.1. The molecule has 1 nitrogen and oxygen atoms in total. The van der Waals surface area contributed by atoms with Gasteiger partial charge in [-0.3, -0.25) is 0 Å². The maximum atomic E-state index is 2.33. The van der Waals surface area contributed by atoms with Crippen LogP contribution >= 0.6 is 0 Å². The van der Waals surface area contributed by atoms with Gasteiger partial charge in [-0.1, -0.05) is 36.4 Å². The third-order valence-electron chi connectivity index (χ3n) is 2.79. The lowest BCUT2D eigenvalue weighted by Gasteiger charge is -2.24. The van der Waals surface area contributed by atoms with Crippen molar-refractivity contribution in [1.82, 2.24) is 0 Å². The molecule has 0 atom stereocenters. The molecule has 0 radical (unpaired) electrons. The van der Waals surface area contributed by atoms with E-state index in [-0.39, 0.29) is 0 Å². The first kappa shape index (κ1) is 10.7. The molecule has 0 spiro atoms. The predicted octanol–water partition coefficient (Wildman–Crippen LogP) is 4.15. The van der Waals surface area contributed by atoms with Crippen LogP contribution in [0, 0.1) is 6.92 Å². The summed E-state index contributed by atoms with van der Waals surface area (Å²) in [7, 11) is 0. The van der Waals surface area contributed by atoms with Gasteiger partial charge in [0.25, 0.3) is 0 Å². The summed E-state index contributed by atoms with van der Waals surface area (Å²) in [6.45, 7) is 5.31. The van der Waals surface area contributed by atoms with E-state index in [1.165, 1.54) is 16.9 Å². The van der Waals surface area contributed by atoms with Crippen LogP contribution in [0.4, 0.5) is 11.4 Å². The number of rotatable bonds is 3. The van der Waals surface area contributed by atoms with Crippen LogP contribution in [0.5, 0.6) is 0 Å². The van der Waals surface area contributed by atoms with Gasteiger partial charge in [0, 0.05) is 17.9 Å². The molecule has 2 aromatic carbocycles. The number of benzene rings is 2. The molecule has 0 bridgehead atoms. The first-order valence-corrected chi connectivity index (χ1v) is 5.71. The van der Waals surface area contributed by atoms with Gasteiger partial charge in [0.2, 0.25) is 0 Å². The minimum Gasteiger partial charge on any atom is -0.342 e. The normalized spacial score (nSPS) is 10.1. The van der Waals surface area contributed by atoms with E-state index in [2.05, 4.69) is 73.3 Å². The molecule has 0 saturated carbocycles. The zero-order valence-electron chi connectivity index (χ0n) is 9.85. The third-order valence-corrected chi connectivity index (χ3v) is 2.79. The number of nitrogens with zero attached hydrogens (tertiary/aromatic N) is 1. The molecule has 16 heavy (non-hydrogen) atoms. The SMILES string of the molecule is CCN(c1ccccc1)c1ccccc1C. The second kappa shape index (κ2) is 4.84. The van der Waals surface area contributed by atoms with Crippen LogP contribution < -0.4 is 4.90 Å². The number of hydrogen-bond donors (Lipinski definition) is 0. The minimum atomic E-state index is 0.981. The average Bonchev–Trinajstić information content (AvgIpc) is 2.34. The molecule has 0 aliphatic heterocycles. The van der Waals surface area contributed by atoms with Crippen molar-refractivity contribution in [2.75, 3.05) is 11.4 Å². The van der Waals surface area contributed by atoms with E-state index in [9.17, 15) is 0 Å². The largest absolute Gasteiger partial charge is 0.342 e. The van der Waals surface area contributed by atoms with Crippen molar-refractivity contribution in [1.29, 1.82) is 0 Å². The molecule has 0 heterocycles. The lowest BCUT2D eigenvalue weighted by Crippen LogP contribution is -2.16. The number of para-hydroxylation sites is 2. The summed E-state index contributed by atoms with van der Waals surface area (Å²) in [4.78, 5) is 2.33. The molecule has 0 N–H and O–H groups in total. The van der Waals surface area contributed by atoms with Gasteiger partial charge in [0.15, 0.2) is 0 Å². The lowest BCUT2D eigenvalue weighted by molar-refractivity contribution is 1.02. The van der Waals surface area contributed by atoms with Crippen LogP contribution in [0.2, 0.25) is 0 Å². The van der Waals surface area contributed by atoms with E-state index < -0.39 is 0 Å². The highest BCUT2D eigenvalue weighted by atomic mass is 15.1. The zero-order valence-corrected chi connectivity index (χ0v) is 9.85. The second-order valence-electron chi connectivity index (χ2n) is 3.87. The Balaban J connectivity index is 2.41. The minimum absolute atomic E-state index is 0.981. The summed E-state index contributed by atoms with van der Waals surface area (Å²) in [5, 5.41) is 0. The van der Waals surface area contributed by atoms with Crippen LogP contribution in [-0.2, 0) is 0 Å². The fraction of sp³-hybridized carbons (Fsp3) is 0.200. The third kappa shape index (κ3) is 2.08. The molecular weight excluding hydrogens is 194 g/mol. The van der Waals surface area contributed by atoms with Crippen molar-refractivity contribution >= 4 is 11.4 Å². The maximum Gasteiger partial charge on any atom is 0.0440 e. The average molecular weight is 211 g/mol. The molecule has 1 heteroatoms. The van der Waals surface area contributed by atoms with Crippen LogP contribution in [0.25, 0.3) is 0 Å². The molecule has 0 aromatic heterocycles. The fourth-order valence-electron chi connectivity index (χ4n) is 1.97. The quantitative estimate of drug-likeness (QED) is 0.737. The Morgan fingerprint density at radius 2 is 1.50 bits per heavy atom. The van der Waals surface area contributed by atoms with Gasteiger partial charge in [-0.15, -0.1) is 0 Å². The molecule has 0 fully saturated rings. The maximum absolute atomic E-state index is 2.33. The van der Waals surface area contributed by atoms with Gasteiger partial charge in [0.1, 0.15) is 0 Å². The fourth-order valence-corrected chi connectivity index (χ4v) is 1.97. The summed E-state index contributed by atoms with van der Waals surface area (Å²) >= 11 is 0. The second-order valence-corrected chi connectivity index (χ2v) is 3.87. The van der Waals surface area contributed by atoms with Gasteiger partial charge in [-0.25, -0.2) is 0 Å². The summed E-state index contributed by atoms with van der Waals surface area (Å²) in [5.74, 6) is 0. The van der Waals surface area contributed by atoms with Gasteiger partial charge in [0.05, 0.1) is 0 Å². The molecular formula is C15H17N.